The summed E-state index contributed by atoms with van der Waals surface area (Å²) in [5.74, 6) is -1.58. The van der Waals surface area contributed by atoms with Gasteiger partial charge in [0, 0.05) is 16.4 Å². The summed E-state index contributed by atoms with van der Waals surface area (Å²) in [6, 6.07) is 12.2. The Hall–Kier alpha value is -2.77. The van der Waals surface area contributed by atoms with Gasteiger partial charge in [-0.15, -0.1) is 0 Å². The minimum Gasteiger partial charge on any atom is -0.508 e. The Morgan fingerprint density at radius 3 is 2.38 bits per heavy atom. The molecule has 2 aromatic rings. The highest BCUT2D eigenvalue weighted by Crippen LogP contribution is 2.45. The third kappa shape index (κ3) is 4.69. The molecule has 3 rings (SSSR count). The van der Waals surface area contributed by atoms with Crippen LogP contribution in [0.25, 0.3) is 0 Å². The number of halogens is 1. The van der Waals surface area contributed by atoms with Crippen LogP contribution in [0.1, 0.15) is 45.1 Å². The normalized spacial score (nSPS) is 16.7. The number of phenols is 1. The number of esters is 1. The van der Waals surface area contributed by atoms with E-state index in [1.807, 2.05) is 6.92 Å². The standard InChI is InChI=1S/C24H26ClNO5S/c1-4-5-14-31-24(28)21-15(2)26-16(3)23(22(21)19-8-6-7-9-20(19)25)32(29,30)18-12-10-17(27)11-13-18/h6-13,22,26-27H,4-5,14H2,1-3H3. The van der Waals surface area contributed by atoms with Gasteiger partial charge in [-0.3, -0.25) is 0 Å². The smallest absolute Gasteiger partial charge is 0.336 e. The van der Waals surface area contributed by atoms with Crippen molar-refractivity contribution in [2.24, 2.45) is 0 Å². The van der Waals surface area contributed by atoms with Crippen LogP contribution in [0.5, 0.6) is 5.75 Å². The van der Waals surface area contributed by atoms with Crippen LogP contribution < -0.4 is 5.32 Å². The molecule has 170 valence electrons. The topological polar surface area (TPSA) is 92.7 Å². The van der Waals surface area contributed by atoms with Crippen LogP contribution in [0.2, 0.25) is 5.02 Å². The van der Waals surface area contributed by atoms with Crippen LogP contribution in [0, 0.1) is 0 Å². The van der Waals surface area contributed by atoms with Crippen molar-refractivity contribution in [2.75, 3.05) is 6.61 Å². The molecule has 6 nitrogen and oxygen atoms in total. The first-order chi connectivity index (χ1) is 15.2. The Kier molecular flexibility index (Phi) is 7.31. The monoisotopic (exact) mass is 475 g/mol. The average Bonchev–Trinajstić information content (AvgIpc) is 2.73. The molecule has 0 aromatic heterocycles. The van der Waals surface area contributed by atoms with E-state index in [9.17, 15) is 18.3 Å². The molecule has 2 N–H and O–H groups in total. The van der Waals surface area contributed by atoms with E-state index in [1.54, 1.807) is 38.1 Å². The number of carbonyl (C=O) groups is 1. The molecule has 0 aliphatic carbocycles. The Morgan fingerprint density at radius 1 is 1.09 bits per heavy atom. The van der Waals surface area contributed by atoms with Gasteiger partial charge in [-0.25, -0.2) is 13.2 Å². The lowest BCUT2D eigenvalue weighted by molar-refractivity contribution is -0.139. The maximum absolute atomic E-state index is 13.7. The van der Waals surface area contributed by atoms with Gasteiger partial charge in [-0.2, -0.15) is 0 Å². The number of allylic oxidation sites excluding steroid dienone is 3. The fourth-order valence-corrected chi connectivity index (χ4v) is 5.75. The average molecular weight is 476 g/mol. The number of hydrogen-bond acceptors (Lipinski definition) is 6. The second-order valence-electron chi connectivity index (χ2n) is 7.59. The van der Waals surface area contributed by atoms with Crippen LogP contribution in [-0.2, 0) is 19.4 Å². The molecule has 0 radical (unpaired) electrons. The van der Waals surface area contributed by atoms with Gasteiger partial charge in [0.25, 0.3) is 0 Å². The zero-order chi connectivity index (χ0) is 23.5. The van der Waals surface area contributed by atoms with Crippen LogP contribution in [0.4, 0.5) is 0 Å². The number of dihydropyridines is 1. The molecule has 32 heavy (non-hydrogen) atoms. The second kappa shape index (κ2) is 9.79. The van der Waals surface area contributed by atoms with Gasteiger partial charge in [0.05, 0.1) is 27.9 Å². The number of carbonyl (C=O) groups excluding carboxylic acids is 1. The Morgan fingerprint density at radius 2 is 1.75 bits per heavy atom. The van der Waals surface area contributed by atoms with Crippen LogP contribution in [-0.4, -0.2) is 26.1 Å². The summed E-state index contributed by atoms with van der Waals surface area (Å²) in [5.41, 5.74) is 1.61. The molecule has 1 atom stereocenters. The van der Waals surface area contributed by atoms with Crippen molar-refractivity contribution in [3.8, 4) is 5.75 Å². The molecule has 1 aliphatic rings. The Balaban J connectivity index is 2.21. The number of phenolic OH excluding ortho intramolecular Hbond substituents is 1. The molecule has 0 amide bonds. The molecular weight excluding hydrogens is 450 g/mol. The molecule has 0 saturated heterocycles. The van der Waals surface area contributed by atoms with Gasteiger partial charge >= 0.3 is 5.97 Å². The summed E-state index contributed by atoms with van der Waals surface area (Å²) in [7, 11) is -4.05. The maximum Gasteiger partial charge on any atom is 0.336 e. The molecule has 1 unspecified atom stereocenters. The number of ether oxygens (including phenoxy) is 1. The number of rotatable bonds is 7. The van der Waals surface area contributed by atoms with Gasteiger partial charge in [-0.1, -0.05) is 43.1 Å². The first kappa shape index (κ1) is 23.9. The fourth-order valence-electron chi connectivity index (χ4n) is 3.75. The van der Waals surface area contributed by atoms with Crippen molar-refractivity contribution in [1.82, 2.24) is 5.32 Å². The number of nitrogens with one attached hydrogen (secondary N) is 1. The van der Waals surface area contributed by atoms with Gasteiger partial charge in [0.2, 0.25) is 9.84 Å². The number of hydrogen-bond donors (Lipinski definition) is 2. The van der Waals surface area contributed by atoms with Crippen LogP contribution in [0.15, 0.2) is 75.3 Å². The molecule has 0 fully saturated rings. The molecule has 1 heterocycles. The zero-order valence-corrected chi connectivity index (χ0v) is 19.8. The van der Waals surface area contributed by atoms with Crippen molar-refractivity contribution in [3.63, 3.8) is 0 Å². The summed E-state index contributed by atoms with van der Waals surface area (Å²) >= 11 is 6.49. The van der Waals surface area contributed by atoms with E-state index in [2.05, 4.69) is 5.32 Å². The lowest BCUT2D eigenvalue weighted by Gasteiger charge is -2.31. The largest absolute Gasteiger partial charge is 0.508 e. The van der Waals surface area contributed by atoms with Crippen molar-refractivity contribution in [1.29, 1.82) is 0 Å². The highest BCUT2D eigenvalue weighted by molar-refractivity contribution is 7.95. The fraction of sp³-hybridized carbons (Fsp3) is 0.292. The zero-order valence-electron chi connectivity index (χ0n) is 18.2. The predicted molar refractivity (Wildman–Crippen MR) is 124 cm³/mol. The van der Waals surface area contributed by atoms with E-state index in [0.717, 1.165) is 6.42 Å². The molecule has 0 spiro atoms. The number of unbranched alkanes of at least 4 members (excludes halogenated alkanes) is 1. The van der Waals surface area contributed by atoms with Gasteiger partial charge in [-0.05, 0) is 56.2 Å². The highest BCUT2D eigenvalue weighted by atomic mass is 35.5. The maximum atomic E-state index is 13.7. The van der Waals surface area contributed by atoms with Crippen molar-refractivity contribution in [3.05, 3.63) is 81.0 Å². The Labute approximate surface area is 193 Å². The lowest BCUT2D eigenvalue weighted by atomic mass is 9.86. The predicted octanol–water partition coefficient (Wildman–Crippen LogP) is 5.06. The van der Waals surface area contributed by atoms with Gasteiger partial charge < -0.3 is 15.2 Å². The van der Waals surface area contributed by atoms with E-state index in [0.29, 0.717) is 28.4 Å². The molecule has 8 heteroatoms. The van der Waals surface area contributed by atoms with Gasteiger partial charge in [0.1, 0.15) is 5.75 Å². The molecule has 0 bridgehead atoms. The van der Waals surface area contributed by atoms with Crippen molar-refractivity contribution >= 4 is 27.4 Å². The van der Waals surface area contributed by atoms with Crippen LogP contribution in [0.3, 0.4) is 0 Å². The van der Waals surface area contributed by atoms with E-state index in [4.69, 9.17) is 16.3 Å². The van der Waals surface area contributed by atoms with E-state index < -0.39 is 21.7 Å². The second-order valence-corrected chi connectivity index (χ2v) is 9.92. The summed E-state index contributed by atoms with van der Waals surface area (Å²) in [4.78, 5) is 13.1. The third-order valence-corrected chi connectivity index (χ3v) is 7.66. The first-order valence-electron chi connectivity index (χ1n) is 10.3. The minimum atomic E-state index is -4.05. The minimum absolute atomic E-state index is 0.00163. The molecule has 0 saturated carbocycles. The summed E-state index contributed by atoms with van der Waals surface area (Å²) in [6.45, 7) is 5.60. The Bertz CT molecular complexity index is 1180. The van der Waals surface area contributed by atoms with Crippen molar-refractivity contribution in [2.45, 2.75) is 44.4 Å². The van der Waals surface area contributed by atoms with Crippen LogP contribution >= 0.6 is 11.6 Å². The van der Waals surface area contributed by atoms with E-state index in [1.165, 1.54) is 24.3 Å². The van der Waals surface area contributed by atoms with Gasteiger partial charge in [0.15, 0.2) is 0 Å². The summed E-state index contributed by atoms with van der Waals surface area (Å²) < 4.78 is 33.0. The molecule has 2 aromatic carbocycles. The SMILES string of the molecule is CCCCOC(=O)C1=C(C)NC(C)=C(S(=O)(=O)c2ccc(O)cc2)C1c1ccccc1Cl. The molecular formula is C24H26ClNO5S. The quantitative estimate of drug-likeness (QED) is 0.429. The highest BCUT2D eigenvalue weighted by Gasteiger charge is 2.41. The lowest BCUT2D eigenvalue weighted by Crippen LogP contribution is -2.32. The number of sulfone groups is 1. The third-order valence-electron chi connectivity index (χ3n) is 5.30. The summed E-state index contributed by atoms with van der Waals surface area (Å²) in [5, 5.41) is 13.0. The number of benzene rings is 2. The first-order valence-corrected chi connectivity index (χ1v) is 12.2. The van der Waals surface area contributed by atoms with E-state index in [-0.39, 0.29) is 27.7 Å². The molecule has 1 aliphatic heterocycles. The number of aromatic hydroxyl groups is 1. The van der Waals surface area contributed by atoms with E-state index >= 15 is 0 Å². The summed E-state index contributed by atoms with van der Waals surface area (Å²) in [6.07, 6.45) is 1.56. The van der Waals surface area contributed by atoms with Crippen molar-refractivity contribution < 1.29 is 23.1 Å².